The molecule has 0 amide bonds. The maximum atomic E-state index is 12.6. The van der Waals surface area contributed by atoms with E-state index in [-0.39, 0.29) is 5.97 Å². The van der Waals surface area contributed by atoms with Crippen molar-refractivity contribution in [3.05, 3.63) is 24.3 Å². The molecule has 1 aliphatic carbocycles. The number of carbonyl (C=O) groups excluding carboxylic acids is 1. The Morgan fingerprint density at radius 2 is 2.14 bits per heavy atom. The number of carbonyl (C=O) groups is 1. The van der Waals surface area contributed by atoms with Crippen LogP contribution in [0, 0.1) is 5.92 Å². The number of hydrogen-bond donors (Lipinski definition) is 1. The lowest BCUT2D eigenvalue weighted by molar-refractivity contribution is -0.150. The molecule has 0 bridgehead atoms. The van der Waals surface area contributed by atoms with Gasteiger partial charge in [-0.25, -0.2) is 4.79 Å². The normalized spacial score (nSPS) is 24.6. The van der Waals surface area contributed by atoms with Gasteiger partial charge in [-0.15, -0.1) is 0 Å². The van der Waals surface area contributed by atoms with E-state index >= 15 is 0 Å². The van der Waals surface area contributed by atoms with Gasteiger partial charge in [0.25, 0.3) is 0 Å². The van der Waals surface area contributed by atoms with Gasteiger partial charge in [-0.3, -0.25) is 0 Å². The van der Waals surface area contributed by atoms with Crippen LogP contribution in [0.1, 0.15) is 39.5 Å². The Bertz CT molecular complexity index is 489. The van der Waals surface area contributed by atoms with Crippen LogP contribution in [0.4, 0.5) is 5.69 Å². The van der Waals surface area contributed by atoms with Gasteiger partial charge in [0.2, 0.25) is 0 Å². The van der Waals surface area contributed by atoms with E-state index in [1.165, 1.54) is 0 Å². The summed E-state index contributed by atoms with van der Waals surface area (Å²) in [6.45, 7) is 4.39. The number of rotatable bonds is 6. The minimum Gasteiger partial charge on any atom is -0.495 e. The molecule has 1 saturated carbocycles. The third-order valence-corrected chi connectivity index (χ3v) is 4.42. The van der Waals surface area contributed by atoms with Crippen LogP contribution in [-0.4, -0.2) is 25.2 Å². The van der Waals surface area contributed by atoms with E-state index in [4.69, 9.17) is 9.47 Å². The monoisotopic (exact) mass is 291 g/mol. The van der Waals surface area contributed by atoms with Crippen LogP contribution in [0.3, 0.4) is 0 Å². The molecule has 4 heteroatoms. The minimum atomic E-state index is -0.626. The fourth-order valence-corrected chi connectivity index (χ4v) is 3.36. The van der Waals surface area contributed by atoms with Gasteiger partial charge in [-0.05, 0) is 37.8 Å². The molecule has 0 spiro atoms. The zero-order valence-corrected chi connectivity index (χ0v) is 13.1. The van der Waals surface area contributed by atoms with Crippen LogP contribution in [-0.2, 0) is 9.53 Å². The van der Waals surface area contributed by atoms with E-state index in [0.29, 0.717) is 12.5 Å². The summed E-state index contributed by atoms with van der Waals surface area (Å²) in [5, 5.41) is 3.46. The third kappa shape index (κ3) is 2.99. The molecule has 0 saturated heterocycles. The summed E-state index contributed by atoms with van der Waals surface area (Å²) in [7, 11) is 1.64. The minimum absolute atomic E-state index is 0.139. The molecule has 1 fully saturated rings. The highest BCUT2D eigenvalue weighted by molar-refractivity contribution is 5.86. The van der Waals surface area contributed by atoms with Crippen molar-refractivity contribution in [1.29, 1.82) is 0 Å². The van der Waals surface area contributed by atoms with Crippen molar-refractivity contribution in [3.63, 3.8) is 0 Å². The zero-order valence-electron chi connectivity index (χ0n) is 13.1. The van der Waals surface area contributed by atoms with Gasteiger partial charge in [0.15, 0.2) is 0 Å². The number of nitrogens with one attached hydrogen (secondary N) is 1. The molecule has 2 rings (SSSR count). The summed E-state index contributed by atoms with van der Waals surface area (Å²) >= 11 is 0. The summed E-state index contributed by atoms with van der Waals surface area (Å²) in [6, 6.07) is 7.72. The molecule has 0 aromatic heterocycles. The van der Waals surface area contributed by atoms with Crippen LogP contribution in [0.2, 0.25) is 0 Å². The van der Waals surface area contributed by atoms with E-state index in [1.807, 2.05) is 31.2 Å². The molecule has 0 heterocycles. The van der Waals surface area contributed by atoms with E-state index in [0.717, 1.165) is 37.1 Å². The molecule has 21 heavy (non-hydrogen) atoms. The number of ether oxygens (including phenoxy) is 2. The Balaban J connectivity index is 2.34. The first kappa shape index (κ1) is 15.7. The maximum Gasteiger partial charge on any atom is 0.332 e. The Labute approximate surface area is 126 Å². The van der Waals surface area contributed by atoms with E-state index in [9.17, 15) is 4.79 Å². The second kappa shape index (κ2) is 6.83. The first-order chi connectivity index (χ1) is 10.2. The van der Waals surface area contributed by atoms with E-state index in [2.05, 4.69) is 12.2 Å². The summed E-state index contributed by atoms with van der Waals surface area (Å²) in [4.78, 5) is 12.6. The van der Waals surface area contributed by atoms with Crippen LogP contribution in [0.25, 0.3) is 0 Å². The van der Waals surface area contributed by atoms with Crippen molar-refractivity contribution in [2.24, 2.45) is 5.92 Å². The SMILES string of the molecule is CCOC(=O)C1(Nc2ccccc2OC)CCCC1CC. The van der Waals surface area contributed by atoms with Crippen molar-refractivity contribution in [2.75, 3.05) is 19.0 Å². The van der Waals surface area contributed by atoms with Gasteiger partial charge in [-0.2, -0.15) is 0 Å². The van der Waals surface area contributed by atoms with Gasteiger partial charge in [0, 0.05) is 0 Å². The fourth-order valence-electron chi connectivity index (χ4n) is 3.36. The standard InChI is InChI=1S/C17H25NO3/c1-4-13-9-8-12-17(13,16(19)21-5-2)18-14-10-6-7-11-15(14)20-3/h6-7,10-11,13,18H,4-5,8-9,12H2,1-3H3. The highest BCUT2D eigenvalue weighted by Crippen LogP contribution is 2.42. The Morgan fingerprint density at radius 1 is 1.38 bits per heavy atom. The van der Waals surface area contributed by atoms with Crippen molar-refractivity contribution >= 4 is 11.7 Å². The number of esters is 1. The second-order valence-corrected chi connectivity index (χ2v) is 5.51. The fraction of sp³-hybridized carbons (Fsp3) is 0.588. The molecule has 4 nitrogen and oxygen atoms in total. The predicted molar refractivity (Wildman–Crippen MR) is 83.6 cm³/mol. The third-order valence-electron chi connectivity index (χ3n) is 4.42. The average Bonchev–Trinajstić information content (AvgIpc) is 2.92. The summed E-state index contributed by atoms with van der Waals surface area (Å²) in [5.74, 6) is 0.907. The lowest BCUT2D eigenvalue weighted by Crippen LogP contribution is -2.50. The van der Waals surface area contributed by atoms with Crippen LogP contribution < -0.4 is 10.1 Å². The molecule has 0 radical (unpaired) electrons. The number of methoxy groups -OCH3 is 1. The molecule has 1 N–H and O–H groups in total. The van der Waals surface area contributed by atoms with Crippen LogP contribution in [0.15, 0.2) is 24.3 Å². The average molecular weight is 291 g/mol. The molecule has 1 aromatic rings. The largest absolute Gasteiger partial charge is 0.495 e. The lowest BCUT2D eigenvalue weighted by atomic mass is 9.84. The maximum absolute atomic E-state index is 12.6. The summed E-state index contributed by atoms with van der Waals surface area (Å²) < 4.78 is 10.8. The molecular weight excluding hydrogens is 266 g/mol. The molecule has 116 valence electrons. The first-order valence-corrected chi connectivity index (χ1v) is 7.76. The van der Waals surface area contributed by atoms with Gasteiger partial charge in [-0.1, -0.05) is 31.9 Å². The number of hydrogen-bond acceptors (Lipinski definition) is 4. The first-order valence-electron chi connectivity index (χ1n) is 7.76. The van der Waals surface area contributed by atoms with Gasteiger partial charge >= 0.3 is 5.97 Å². The van der Waals surface area contributed by atoms with Crippen molar-refractivity contribution in [2.45, 2.75) is 45.1 Å². The Kier molecular flexibility index (Phi) is 5.10. The summed E-state index contributed by atoms with van der Waals surface area (Å²) in [6.07, 6.45) is 3.86. The predicted octanol–water partition coefficient (Wildman–Crippen LogP) is 3.62. The molecule has 2 unspecified atom stereocenters. The smallest absolute Gasteiger partial charge is 0.332 e. The van der Waals surface area contributed by atoms with Crippen LogP contribution >= 0.6 is 0 Å². The van der Waals surface area contributed by atoms with Crippen molar-refractivity contribution in [1.82, 2.24) is 0 Å². The number of para-hydroxylation sites is 2. The highest BCUT2D eigenvalue weighted by Gasteiger charge is 2.49. The van der Waals surface area contributed by atoms with E-state index < -0.39 is 5.54 Å². The number of benzene rings is 1. The van der Waals surface area contributed by atoms with Crippen LogP contribution in [0.5, 0.6) is 5.75 Å². The topological polar surface area (TPSA) is 47.6 Å². The molecular formula is C17H25NO3. The quantitative estimate of drug-likeness (QED) is 0.813. The molecule has 2 atom stereocenters. The van der Waals surface area contributed by atoms with Crippen molar-refractivity contribution < 1.29 is 14.3 Å². The number of anilines is 1. The molecule has 1 aromatic carbocycles. The zero-order chi connectivity index (χ0) is 15.3. The van der Waals surface area contributed by atoms with Gasteiger partial charge < -0.3 is 14.8 Å². The lowest BCUT2D eigenvalue weighted by Gasteiger charge is -2.35. The van der Waals surface area contributed by atoms with Gasteiger partial charge in [0.1, 0.15) is 11.3 Å². The summed E-state index contributed by atoms with van der Waals surface area (Å²) in [5.41, 5.74) is 0.229. The highest BCUT2D eigenvalue weighted by atomic mass is 16.5. The van der Waals surface area contributed by atoms with Gasteiger partial charge in [0.05, 0.1) is 19.4 Å². The van der Waals surface area contributed by atoms with Crippen molar-refractivity contribution in [3.8, 4) is 5.75 Å². The Hall–Kier alpha value is -1.71. The second-order valence-electron chi connectivity index (χ2n) is 5.51. The molecule has 1 aliphatic rings. The Morgan fingerprint density at radius 3 is 2.81 bits per heavy atom. The molecule has 0 aliphatic heterocycles. The van der Waals surface area contributed by atoms with E-state index in [1.54, 1.807) is 7.11 Å².